The summed E-state index contributed by atoms with van der Waals surface area (Å²) in [6.45, 7) is 0. The molecule has 0 amide bonds. The topological polar surface area (TPSA) is 27.1 Å². The number of nitrogens with zero attached hydrogens (tertiary/aromatic N) is 2. The van der Waals surface area contributed by atoms with Gasteiger partial charge in [-0.05, 0) is 12.2 Å². The van der Waals surface area contributed by atoms with Crippen molar-refractivity contribution in [1.29, 1.82) is 0 Å². The molecule has 0 fully saturated rings. The Hall–Kier alpha value is -1.51. The average Bonchev–Trinajstić information content (AvgIpc) is 2.28. The number of allylic oxidation sites excluding steroid dienone is 2. The summed E-state index contributed by atoms with van der Waals surface area (Å²) < 4.78 is 6.90. The number of imidazole rings is 1. The van der Waals surface area contributed by atoms with Crippen LogP contribution in [0.1, 0.15) is 0 Å². The summed E-state index contributed by atoms with van der Waals surface area (Å²) in [6, 6.07) is 0.602. The normalized spacial score (nSPS) is 14.0. The van der Waals surface area contributed by atoms with Gasteiger partial charge in [0.1, 0.15) is 0 Å². The smallest absolute Gasteiger partial charge is 0.305 e. The summed E-state index contributed by atoms with van der Waals surface area (Å²) in [6.07, 6.45) is 10.7. The van der Waals surface area contributed by atoms with E-state index in [0.717, 1.165) is 0 Å². The largest absolute Gasteiger partial charge is 0.433 e. The molecule has 1 aliphatic rings. The number of ether oxygens (including phenoxy) is 1. The third kappa shape index (κ3) is 0.719. The fraction of sp³-hybridized carbons (Fsp3) is 0. The summed E-state index contributed by atoms with van der Waals surface area (Å²) in [4.78, 5) is 3.96. The van der Waals surface area contributed by atoms with Crippen molar-refractivity contribution < 1.29 is 4.74 Å². The third-order valence-electron chi connectivity index (χ3n) is 1.24. The Labute approximate surface area is 58.3 Å². The molecule has 3 nitrogen and oxygen atoms in total. The van der Waals surface area contributed by atoms with Crippen molar-refractivity contribution in [2.45, 2.75) is 0 Å². The van der Waals surface area contributed by atoms with Crippen LogP contribution in [0.3, 0.4) is 0 Å². The highest BCUT2D eigenvalue weighted by atomic mass is 16.5. The predicted octanol–water partition coefficient (Wildman–Crippen LogP) is 1.26. The Morgan fingerprint density at radius 2 is 2.40 bits per heavy atom. The quantitative estimate of drug-likeness (QED) is 0.534. The first-order valence-corrected chi connectivity index (χ1v) is 2.99. The summed E-state index contributed by atoms with van der Waals surface area (Å²) in [7, 11) is 0. The molecule has 2 heterocycles. The molecule has 50 valence electrons. The average molecular weight is 134 g/mol. The van der Waals surface area contributed by atoms with E-state index in [-0.39, 0.29) is 0 Å². The van der Waals surface area contributed by atoms with Crippen LogP contribution in [0.2, 0.25) is 0 Å². The van der Waals surface area contributed by atoms with Gasteiger partial charge in [-0.25, -0.2) is 4.98 Å². The van der Waals surface area contributed by atoms with Crippen molar-refractivity contribution in [1.82, 2.24) is 9.55 Å². The third-order valence-corrected chi connectivity index (χ3v) is 1.24. The maximum Gasteiger partial charge on any atom is 0.305 e. The molecule has 0 aromatic carbocycles. The molecule has 0 atom stereocenters. The van der Waals surface area contributed by atoms with Crippen LogP contribution < -0.4 is 4.74 Å². The van der Waals surface area contributed by atoms with Crippen LogP contribution in [-0.4, -0.2) is 9.55 Å². The van der Waals surface area contributed by atoms with Crippen LogP contribution in [0.25, 0.3) is 6.20 Å². The van der Waals surface area contributed by atoms with Crippen molar-refractivity contribution in [3.63, 3.8) is 0 Å². The number of hydrogen-bond donors (Lipinski definition) is 0. The van der Waals surface area contributed by atoms with Crippen molar-refractivity contribution in [2.75, 3.05) is 0 Å². The lowest BCUT2D eigenvalue weighted by molar-refractivity contribution is 0.438. The molecule has 1 aromatic heterocycles. The molecule has 0 radical (unpaired) electrons. The van der Waals surface area contributed by atoms with Gasteiger partial charge in [0.2, 0.25) is 0 Å². The van der Waals surface area contributed by atoms with E-state index < -0.39 is 0 Å². The molecule has 0 aliphatic carbocycles. The Morgan fingerprint density at radius 3 is 3.40 bits per heavy atom. The molecular weight excluding hydrogens is 128 g/mol. The van der Waals surface area contributed by atoms with Gasteiger partial charge in [0.25, 0.3) is 0 Å². The zero-order valence-electron chi connectivity index (χ0n) is 5.27. The zero-order valence-corrected chi connectivity index (χ0v) is 5.27. The maximum atomic E-state index is 5.10. The first-order valence-electron chi connectivity index (χ1n) is 2.99. The van der Waals surface area contributed by atoms with Crippen LogP contribution in [0.4, 0.5) is 0 Å². The first kappa shape index (κ1) is 5.29. The fourth-order valence-corrected chi connectivity index (χ4v) is 0.792. The van der Waals surface area contributed by atoms with Gasteiger partial charge < -0.3 is 4.74 Å². The van der Waals surface area contributed by atoms with Gasteiger partial charge in [-0.3, -0.25) is 4.57 Å². The fourth-order valence-electron chi connectivity index (χ4n) is 0.792. The van der Waals surface area contributed by atoms with Gasteiger partial charge in [0.05, 0.1) is 6.26 Å². The lowest BCUT2D eigenvalue weighted by Crippen LogP contribution is -1.88. The predicted molar refractivity (Wildman–Crippen MR) is 37.3 cm³/mol. The highest BCUT2D eigenvalue weighted by molar-refractivity contribution is 5.33. The highest BCUT2D eigenvalue weighted by Crippen LogP contribution is 2.10. The van der Waals surface area contributed by atoms with E-state index in [2.05, 4.69) is 4.98 Å². The number of hydrogen-bond acceptors (Lipinski definition) is 2. The van der Waals surface area contributed by atoms with E-state index in [4.69, 9.17) is 4.74 Å². The van der Waals surface area contributed by atoms with Gasteiger partial charge in [-0.15, -0.1) is 0 Å². The molecule has 3 heteroatoms. The van der Waals surface area contributed by atoms with E-state index in [9.17, 15) is 0 Å². The summed E-state index contributed by atoms with van der Waals surface area (Å²) in [5.74, 6) is 0. The van der Waals surface area contributed by atoms with Crippen LogP contribution >= 0.6 is 0 Å². The lowest BCUT2D eigenvalue weighted by Gasteiger charge is -1.95. The summed E-state index contributed by atoms with van der Waals surface area (Å²) in [5, 5.41) is 0. The molecule has 0 saturated carbocycles. The van der Waals surface area contributed by atoms with Crippen molar-refractivity contribution in [3.05, 3.63) is 30.8 Å². The number of rotatable bonds is 0. The number of aromatic nitrogens is 2. The molecule has 0 N–H and O–H groups in total. The minimum absolute atomic E-state index is 0.602. The molecule has 1 aliphatic heterocycles. The van der Waals surface area contributed by atoms with Crippen LogP contribution in [0.15, 0.2) is 30.8 Å². The van der Waals surface area contributed by atoms with Gasteiger partial charge in [0.15, 0.2) is 0 Å². The Morgan fingerprint density at radius 1 is 1.40 bits per heavy atom. The Balaban J connectivity index is 2.50. The zero-order chi connectivity index (χ0) is 6.81. The molecule has 1 aromatic rings. The van der Waals surface area contributed by atoms with Gasteiger partial charge in [0, 0.05) is 18.6 Å². The molecule has 0 saturated heterocycles. The highest BCUT2D eigenvalue weighted by Gasteiger charge is 1.98. The van der Waals surface area contributed by atoms with Crippen LogP contribution in [0, 0.1) is 0 Å². The van der Waals surface area contributed by atoms with Crippen LogP contribution in [-0.2, 0) is 0 Å². The van der Waals surface area contributed by atoms with E-state index in [1.54, 1.807) is 17.0 Å². The van der Waals surface area contributed by atoms with Gasteiger partial charge in [-0.1, -0.05) is 0 Å². The molecular formula is C7H6N2O. The summed E-state index contributed by atoms with van der Waals surface area (Å²) in [5.41, 5.74) is 0. The second-order valence-electron chi connectivity index (χ2n) is 1.90. The monoisotopic (exact) mass is 134 g/mol. The van der Waals surface area contributed by atoms with Crippen molar-refractivity contribution in [3.8, 4) is 6.01 Å². The molecule has 0 spiro atoms. The Kier molecular flexibility index (Phi) is 1.07. The summed E-state index contributed by atoms with van der Waals surface area (Å²) >= 11 is 0. The SMILES string of the molecule is C1=COc2nccn2C=C1. The lowest BCUT2D eigenvalue weighted by atomic mass is 10.6. The molecule has 0 unspecified atom stereocenters. The van der Waals surface area contributed by atoms with E-state index in [0.29, 0.717) is 6.01 Å². The van der Waals surface area contributed by atoms with E-state index >= 15 is 0 Å². The van der Waals surface area contributed by atoms with Crippen molar-refractivity contribution in [2.24, 2.45) is 0 Å². The van der Waals surface area contributed by atoms with Crippen LogP contribution in [0.5, 0.6) is 6.01 Å². The second kappa shape index (κ2) is 2.02. The van der Waals surface area contributed by atoms with E-state index in [1.807, 2.05) is 24.5 Å². The van der Waals surface area contributed by atoms with E-state index in [1.165, 1.54) is 0 Å². The molecule has 0 bridgehead atoms. The van der Waals surface area contributed by atoms with Gasteiger partial charge >= 0.3 is 6.01 Å². The standard InChI is InChI=1S/C7H6N2O/c1-2-6-10-7-8-3-5-9(7)4-1/h1-6H. The minimum Gasteiger partial charge on any atom is -0.433 e. The van der Waals surface area contributed by atoms with Crippen molar-refractivity contribution >= 4 is 6.20 Å². The maximum absolute atomic E-state index is 5.10. The van der Waals surface area contributed by atoms with Gasteiger partial charge in [-0.2, -0.15) is 0 Å². The first-order chi connectivity index (χ1) is 4.97. The number of fused-ring (bicyclic) bond motifs is 1. The molecule has 2 rings (SSSR count). The molecule has 10 heavy (non-hydrogen) atoms. The minimum atomic E-state index is 0.602. The second-order valence-corrected chi connectivity index (χ2v) is 1.90. The Bertz CT molecular complexity index is 286.